The molecular weight excluding hydrogens is 299 g/mol. The Balaban J connectivity index is 2.59. The maximum Gasteiger partial charge on any atom is 0.335 e. The Kier molecular flexibility index (Phi) is 6.16. The van der Waals surface area contributed by atoms with E-state index in [0.29, 0.717) is 0 Å². The third-order valence-corrected chi connectivity index (χ3v) is 3.24. The van der Waals surface area contributed by atoms with Crippen LogP contribution in [0.2, 0.25) is 0 Å². The zero-order chi connectivity index (χ0) is 16.0. The van der Waals surface area contributed by atoms with E-state index < -0.39 is 23.7 Å². The molecule has 0 aliphatic heterocycles. The van der Waals surface area contributed by atoms with E-state index in [9.17, 15) is 18.8 Å². The summed E-state index contributed by atoms with van der Waals surface area (Å²) in [5, 5.41) is 13.4. The Hall–Kier alpha value is -2.09. The van der Waals surface area contributed by atoms with Gasteiger partial charge in [0.25, 0.3) is 0 Å². The van der Waals surface area contributed by atoms with E-state index in [1.54, 1.807) is 13.8 Å². The zero-order valence-corrected chi connectivity index (χ0v) is 12.3. The van der Waals surface area contributed by atoms with E-state index in [2.05, 4.69) is 10.6 Å². The number of halogens is 1. The smallest absolute Gasteiger partial charge is 0.335 e. The number of urea groups is 1. The number of aromatic carboxylic acids is 1. The first-order chi connectivity index (χ1) is 9.79. The Morgan fingerprint density at radius 2 is 2.00 bits per heavy atom. The molecule has 6 nitrogen and oxygen atoms in total. The Morgan fingerprint density at radius 1 is 1.33 bits per heavy atom. The number of nitrogens with one attached hydrogen (secondary N) is 2. The van der Waals surface area contributed by atoms with E-state index in [1.165, 1.54) is 0 Å². The van der Waals surface area contributed by atoms with Crippen LogP contribution in [-0.4, -0.2) is 34.8 Å². The van der Waals surface area contributed by atoms with Crippen LogP contribution in [-0.2, 0) is 4.79 Å². The number of imide groups is 1. The van der Waals surface area contributed by atoms with Crippen LogP contribution in [0.25, 0.3) is 0 Å². The maximum atomic E-state index is 13.5. The first kappa shape index (κ1) is 17.0. The minimum absolute atomic E-state index is 0.0364. The Morgan fingerprint density at radius 3 is 2.57 bits per heavy atom. The van der Waals surface area contributed by atoms with Crippen molar-refractivity contribution in [3.05, 3.63) is 29.6 Å². The predicted octanol–water partition coefficient (Wildman–Crippen LogP) is 1.85. The number of carbonyl (C=O) groups excluding carboxylic acids is 2. The SMILES string of the molecule is CC(C)NC(=O)NC(=O)CSc1cc(C(=O)O)ccc1F. The van der Waals surface area contributed by atoms with Gasteiger partial charge in [-0.05, 0) is 32.0 Å². The molecule has 3 N–H and O–H groups in total. The van der Waals surface area contributed by atoms with E-state index in [4.69, 9.17) is 5.11 Å². The molecule has 0 bridgehead atoms. The molecule has 3 amide bonds. The standard InChI is InChI=1S/C13H15FN2O4S/c1-7(2)15-13(20)16-11(17)6-21-10-5-8(12(18)19)3-4-9(10)14/h3-5,7H,6H2,1-2H3,(H,18,19)(H2,15,16,17,20). The summed E-state index contributed by atoms with van der Waals surface area (Å²) < 4.78 is 13.5. The molecule has 0 heterocycles. The molecule has 114 valence electrons. The lowest BCUT2D eigenvalue weighted by Gasteiger charge is -2.09. The quantitative estimate of drug-likeness (QED) is 0.721. The van der Waals surface area contributed by atoms with Crippen LogP contribution < -0.4 is 10.6 Å². The summed E-state index contributed by atoms with van der Waals surface area (Å²) in [7, 11) is 0. The van der Waals surface area contributed by atoms with Crippen LogP contribution in [0.15, 0.2) is 23.1 Å². The molecule has 0 aromatic heterocycles. The van der Waals surface area contributed by atoms with Crippen molar-refractivity contribution < 1.29 is 23.9 Å². The van der Waals surface area contributed by atoms with Gasteiger partial charge in [0.15, 0.2) is 0 Å². The number of amides is 3. The van der Waals surface area contributed by atoms with Crippen molar-refractivity contribution in [2.24, 2.45) is 0 Å². The highest BCUT2D eigenvalue weighted by Crippen LogP contribution is 2.22. The van der Waals surface area contributed by atoms with Gasteiger partial charge in [-0.2, -0.15) is 0 Å². The van der Waals surface area contributed by atoms with Crippen molar-refractivity contribution in [3.63, 3.8) is 0 Å². The third-order valence-electron chi connectivity index (χ3n) is 2.21. The van der Waals surface area contributed by atoms with E-state index in [1.807, 2.05) is 0 Å². The molecular formula is C13H15FN2O4S. The highest BCUT2D eigenvalue weighted by molar-refractivity contribution is 8.00. The number of carboxylic acid groups (broad SMARTS) is 1. The molecule has 1 aromatic rings. The van der Waals surface area contributed by atoms with Gasteiger partial charge in [0, 0.05) is 10.9 Å². The van der Waals surface area contributed by atoms with Gasteiger partial charge in [-0.25, -0.2) is 14.0 Å². The average molecular weight is 314 g/mol. The van der Waals surface area contributed by atoms with Gasteiger partial charge >= 0.3 is 12.0 Å². The molecule has 0 aliphatic rings. The predicted molar refractivity (Wildman–Crippen MR) is 75.9 cm³/mol. The molecule has 0 aliphatic carbocycles. The lowest BCUT2D eigenvalue weighted by atomic mass is 10.2. The molecule has 21 heavy (non-hydrogen) atoms. The zero-order valence-electron chi connectivity index (χ0n) is 11.5. The molecule has 0 unspecified atom stereocenters. The fraction of sp³-hybridized carbons (Fsp3) is 0.308. The van der Waals surface area contributed by atoms with Crippen LogP contribution in [0.1, 0.15) is 24.2 Å². The van der Waals surface area contributed by atoms with E-state index >= 15 is 0 Å². The summed E-state index contributed by atoms with van der Waals surface area (Å²) >= 11 is 0.817. The van der Waals surface area contributed by atoms with Crippen LogP contribution in [0.4, 0.5) is 9.18 Å². The molecule has 1 rings (SSSR count). The van der Waals surface area contributed by atoms with Crippen LogP contribution >= 0.6 is 11.8 Å². The summed E-state index contributed by atoms with van der Waals surface area (Å²) in [4.78, 5) is 33.6. The number of carbonyl (C=O) groups is 3. The van der Waals surface area contributed by atoms with Gasteiger partial charge in [0.1, 0.15) is 5.82 Å². The van der Waals surface area contributed by atoms with Gasteiger partial charge in [-0.15, -0.1) is 11.8 Å². The first-order valence-corrected chi connectivity index (χ1v) is 7.04. The van der Waals surface area contributed by atoms with Crippen molar-refractivity contribution in [1.29, 1.82) is 0 Å². The lowest BCUT2D eigenvalue weighted by molar-refractivity contribution is -0.117. The van der Waals surface area contributed by atoms with Gasteiger partial charge in [-0.3, -0.25) is 10.1 Å². The molecule has 0 fully saturated rings. The molecule has 0 spiro atoms. The third kappa shape index (κ3) is 5.82. The summed E-state index contributed by atoms with van der Waals surface area (Å²) in [6, 6.07) is 2.56. The number of carboxylic acids is 1. The van der Waals surface area contributed by atoms with Gasteiger partial charge in [-0.1, -0.05) is 0 Å². The minimum atomic E-state index is -1.18. The average Bonchev–Trinajstić information content (AvgIpc) is 2.36. The van der Waals surface area contributed by atoms with Crippen LogP contribution in [0, 0.1) is 5.82 Å². The fourth-order valence-corrected chi connectivity index (χ4v) is 2.13. The monoisotopic (exact) mass is 314 g/mol. The first-order valence-electron chi connectivity index (χ1n) is 6.05. The number of rotatable bonds is 5. The fourth-order valence-electron chi connectivity index (χ4n) is 1.35. The summed E-state index contributed by atoms with van der Waals surface area (Å²) in [6.07, 6.45) is 0. The number of hydrogen-bond donors (Lipinski definition) is 3. The van der Waals surface area contributed by atoms with Crippen molar-refractivity contribution in [1.82, 2.24) is 10.6 Å². The second-order valence-electron chi connectivity index (χ2n) is 4.42. The van der Waals surface area contributed by atoms with Gasteiger partial charge in [0.2, 0.25) is 5.91 Å². The summed E-state index contributed by atoms with van der Waals surface area (Å²) in [5.41, 5.74) is -0.0724. The molecule has 0 atom stereocenters. The molecule has 0 saturated heterocycles. The topological polar surface area (TPSA) is 95.5 Å². The highest BCUT2D eigenvalue weighted by atomic mass is 32.2. The lowest BCUT2D eigenvalue weighted by Crippen LogP contribution is -2.43. The summed E-state index contributed by atoms with van der Waals surface area (Å²) in [6.45, 7) is 3.48. The number of benzene rings is 1. The minimum Gasteiger partial charge on any atom is -0.478 e. The number of hydrogen-bond acceptors (Lipinski definition) is 4. The summed E-state index contributed by atoms with van der Waals surface area (Å²) in [5.74, 6) is -2.61. The van der Waals surface area contributed by atoms with Crippen molar-refractivity contribution in [3.8, 4) is 0 Å². The highest BCUT2D eigenvalue weighted by Gasteiger charge is 2.12. The second-order valence-corrected chi connectivity index (χ2v) is 5.43. The van der Waals surface area contributed by atoms with Crippen LogP contribution in [0.3, 0.4) is 0 Å². The van der Waals surface area contributed by atoms with Crippen molar-refractivity contribution in [2.75, 3.05) is 5.75 Å². The second kappa shape index (κ2) is 7.63. The van der Waals surface area contributed by atoms with E-state index in [-0.39, 0.29) is 22.3 Å². The largest absolute Gasteiger partial charge is 0.478 e. The van der Waals surface area contributed by atoms with Crippen molar-refractivity contribution >= 4 is 29.7 Å². The van der Waals surface area contributed by atoms with Crippen molar-refractivity contribution in [2.45, 2.75) is 24.8 Å². The van der Waals surface area contributed by atoms with Crippen LogP contribution in [0.5, 0.6) is 0 Å². The normalized spacial score (nSPS) is 10.3. The molecule has 0 saturated carbocycles. The maximum absolute atomic E-state index is 13.5. The van der Waals surface area contributed by atoms with Gasteiger partial charge in [0.05, 0.1) is 11.3 Å². The molecule has 1 aromatic carbocycles. The molecule has 8 heteroatoms. The number of thioether (sulfide) groups is 1. The Bertz CT molecular complexity index is 563. The van der Waals surface area contributed by atoms with Gasteiger partial charge < -0.3 is 10.4 Å². The molecule has 0 radical (unpaired) electrons. The van der Waals surface area contributed by atoms with E-state index in [0.717, 1.165) is 30.0 Å². The Labute approximate surface area is 125 Å².